The van der Waals surface area contributed by atoms with Gasteiger partial charge in [-0.25, -0.2) is 0 Å². The first-order chi connectivity index (χ1) is 15.0. The summed E-state index contributed by atoms with van der Waals surface area (Å²) in [4.78, 5) is 26.5. The maximum absolute atomic E-state index is 12.4. The zero-order chi connectivity index (χ0) is 22.5. The molecule has 4 nitrogen and oxygen atoms in total. The van der Waals surface area contributed by atoms with Gasteiger partial charge in [-0.1, -0.05) is 0 Å². The number of unbranched alkanes of at least 4 members (excludes halogenated alkanes) is 3. The number of benzene rings is 1. The molecule has 5 heteroatoms. The molecule has 0 saturated heterocycles. The van der Waals surface area contributed by atoms with E-state index < -0.39 is 21.1 Å². The van der Waals surface area contributed by atoms with Crippen molar-refractivity contribution in [2.45, 2.75) is 88.6 Å². The summed E-state index contributed by atoms with van der Waals surface area (Å²) >= 11 is -0.799. The van der Waals surface area contributed by atoms with Gasteiger partial charge in [0.25, 0.3) is 0 Å². The Morgan fingerprint density at radius 1 is 0.903 bits per heavy atom. The van der Waals surface area contributed by atoms with Gasteiger partial charge >= 0.3 is 198 Å². The second-order valence-corrected chi connectivity index (χ2v) is 13.8. The number of esters is 1. The van der Waals surface area contributed by atoms with Crippen LogP contribution in [-0.4, -0.2) is 32.1 Å². The molecule has 0 unspecified atom stereocenters. The summed E-state index contributed by atoms with van der Waals surface area (Å²) in [6.07, 6.45) is 11.8. The van der Waals surface area contributed by atoms with Crippen LogP contribution in [0.15, 0.2) is 47.3 Å². The summed E-state index contributed by atoms with van der Waals surface area (Å²) in [7, 11) is 0. The number of carbonyl (C=O) groups excluding carboxylic acids is 1. The number of H-pyrrole nitrogens is 1. The van der Waals surface area contributed by atoms with Crippen LogP contribution < -0.4 is 9.14 Å². The molecule has 168 valence electrons. The molecule has 0 aliphatic carbocycles. The van der Waals surface area contributed by atoms with Crippen molar-refractivity contribution in [1.82, 2.24) is 4.98 Å². The topological polar surface area (TPSA) is 59.2 Å². The summed E-state index contributed by atoms with van der Waals surface area (Å²) in [5.74, 6) is -0.351. The van der Waals surface area contributed by atoms with Gasteiger partial charge in [0.2, 0.25) is 0 Å². The number of aromatic amines is 1. The van der Waals surface area contributed by atoms with Gasteiger partial charge in [-0.3, -0.25) is 0 Å². The third-order valence-corrected chi connectivity index (χ3v) is 11.2. The van der Waals surface area contributed by atoms with Crippen LogP contribution in [0, 0.1) is 0 Å². The second kappa shape index (κ2) is 13.8. The predicted octanol–water partition coefficient (Wildman–Crippen LogP) is 5.79. The molecule has 1 heterocycles. The molecular formula is C26H37NO3Sn. The van der Waals surface area contributed by atoms with E-state index in [0.717, 1.165) is 0 Å². The molecule has 31 heavy (non-hydrogen) atoms. The van der Waals surface area contributed by atoms with Crippen LogP contribution in [0.25, 0.3) is 0 Å². The van der Waals surface area contributed by atoms with Crippen LogP contribution in [0.1, 0.15) is 94.6 Å². The molecule has 0 aliphatic rings. The average Bonchev–Trinajstić information content (AvgIpc) is 2.79. The minimum absolute atomic E-state index is 0.0710. The van der Waals surface area contributed by atoms with Crippen molar-refractivity contribution in [1.29, 1.82) is 0 Å². The third-order valence-electron chi connectivity index (χ3n) is 5.74. The summed E-state index contributed by atoms with van der Waals surface area (Å²) in [6.45, 7) is 6.95. The van der Waals surface area contributed by atoms with E-state index in [1.54, 1.807) is 12.1 Å². The minimum atomic E-state index is -0.799. The molecular weight excluding hydrogens is 493 g/mol. The van der Waals surface area contributed by atoms with Crippen LogP contribution in [0.2, 0.25) is 3.43 Å². The van der Waals surface area contributed by atoms with Crippen molar-refractivity contribution in [3.05, 3.63) is 64.1 Å². The number of aromatic nitrogens is 1. The van der Waals surface area contributed by atoms with Gasteiger partial charge < -0.3 is 0 Å². The van der Waals surface area contributed by atoms with Gasteiger partial charge in [-0.15, -0.1) is 0 Å². The van der Waals surface area contributed by atoms with Gasteiger partial charge in [-0.05, 0) is 0 Å². The Hall–Kier alpha value is -1.56. The molecule has 2 rings (SSSR count). The Bertz CT molecular complexity index is 822. The third kappa shape index (κ3) is 8.83. The average molecular weight is 530 g/mol. The van der Waals surface area contributed by atoms with Crippen molar-refractivity contribution >= 4 is 30.7 Å². The van der Waals surface area contributed by atoms with E-state index in [9.17, 15) is 9.59 Å². The predicted molar refractivity (Wildman–Crippen MR) is 129 cm³/mol. The second-order valence-electron chi connectivity index (χ2n) is 8.41. The number of carbonyl (C=O) groups is 1. The summed E-state index contributed by atoms with van der Waals surface area (Å²) in [5, 5.41) is 0. The van der Waals surface area contributed by atoms with E-state index in [1.165, 1.54) is 67.4 Å². The van der Waals surface area contributed by atoms with Crippen molar-refractivity contribution in [2.24, 2.45) is 0 Å². The first-order valence-electron chi connectivity index (χ1n) is 11.8. The fourth-order valence-electron chi connectivity index (χ4n) is 3.91. The van der Waals surface area contributed by atoms with Crippen molar-refractivity contribution in [3.63, 3.8) is 0 Å². The van der Waals surface area contributed by atoms with Crippen molar-refractivity contribution in [2.75, 3.05) is 0 Å². The molecule has 0 aliphatic heterocycles. The first kappa shape index (κ1) is 25.7. The monoisotopic (exact) mass is 531 g/mol. The molecule has 2 aromatic rings. The van der Waals surface area contributed by atoms with Crippen molar-refractivity contribution < 1.29 is 9.53 Å². The van der Waals surface area contributed by atoms with Crippen LogP contribution in [0.5, 0.6) is 0 Å². The fourth-order valence-corrected chi connectivity index (χ4v) is 9.19. The Kier molecular flexibility index (Phi) is 11.4. The summed E-state index contributed by atoms with van der Waals surface area (Å²) in [6, 6.07) is 13.0. The molecule has 0 atom stereocenters. The van der Waals surface area contributed by atoms with Crippen LogP contribution in [-0.2, 0) is 11.3 Å². The first-order valence-corrected chi connectivity index (χ1v) is 14.6. The Balaban J connectivity index is 2.05. The SMILES string of the molecule is CCCC[C](CCCC)(CCCC)[Sn][c]1ccc(C(=O)OCc2cccc(=O)[nH]2)cc1. The molecule has 1 aromatic carbocycles. The van der Waals surface area contributed by atoms with Gasteiger partial charge in [-0.2, -0.15) is 0 Å². The molecule has 0 saturated carbocycles. The molecule has 1 aromatic heterocycles. The number of pyridine rings is 1. The Morgan fingerprint density at radius 3 is 2.00 bits per heavy atom. The molecule has 0 amide bonds. The van der Waals surface area contributed by atoms with Gasteiger partial charge in [0.05, 0.1) is 0 Å². The van der Waals surface area contributed by atoms with Crippen LogP contribution in [0.3, 0.4) is 0 Å². The molecule has 0 fully saturated rings. The zero-order valence-corrected chi connectivity index (χ0v) is 22.2. The summed E-state index contributed by atoms with van der Waals surface area (Å²) < 4.78 is 7.38. The number of hydrogen-bond donors (Lipinski definition) is 1. The molecule has 0 spiro atoms. The molecule has 0 bridgehead atoms. The Labute approximate surface area is 197 Å². The van der Waals surface area contributed by atoms with Crippen LogP contribution in [0.4, 0.5) is 0 Å². The number of ether oxygens (including phenoxy) is 1. The fraction of sp³-hybridized carbons (Fsp3) is 0.538. The summed E-state index contributed by atoms with van der Waals surface area (Å²) in [5.41, 5.74) is 0.975. The van der Waals surface area contributed by atoms with E-state index >= 15 is 0 Å². The van der Waals surface area contributed by atoms with Gasteiger partial charge in [0.1, 0.15) is 0 Å². The Morgan fingerprint density at radius 2 is 1.48 bits per heavy atom. The quantitative estimate of drug-likeness (QED) is 0.249. The number of rotatable bonds is 14. The number of nitrogens with one attached hydrogen (secondary N) is 1. The van der Waals surface area contributed by atoms with E-state index in [0.29, 0.717) is 14.7 Å². The van der Waals surface area contributed by atoms with E-state index in [-0.39, 0.29) is 18.1 Å². The van der Waals surface area contributed by atoms with Crippen molar-refractivity contribution in [3.8, 4) is 0 Å². The number of hydrogen-bond acceptors (Lipinski definition) is 3. The van der Waals surface area contributed by atoms with E-state index in [4.69, 9.17) is 4.74 Å². The zero-order valence-electron chi connectivity index (χ0n) is 19.3. The van der Waals surface area contributed by atoms with E-state index in [1.807, 2.05) is 12.1 Å². The van der Waals surface area contributed by atoms with Gasteiger partial charge in [0, 0.05) is 0 Å². The van der Waals surface area contributed by atoms with E-state index in [2.05, 4.69) is 37.9 Å². The maximum atomic E-state index is 12.4. The standard InChI is InChI=1S/C13H10NO3.C13H27.Sn/c15-12-8-4-7-11(14-12)9-17-13(16)10-5-2-1-3-6-10;1-4-7-10-13(11-8-5-2)12-9-6-3;/h2-8H,9H2,(H,14,15);4-12H2,1-3H3;. The van der Waals surface area contributed by atoms with Crippen LogP contribution >= 0.6 is 0 Å². The molecule has 1 N–H and O–H groups in total. The van der Waals surface area contributed by atoms with Gasteiger partial charge in [0.15, 0.2) is 0 Å². The normalized spacial score (nSPS) is 11.5. The molecule has 2 radical (unpaired) electrons.